The smallest absolute Gasteiger partial charge is 0.262 e. The van der Waals surface area contributed by atoms with Crippen molar-refractivity contribution in [1.82, 2.24) is 19.3 Å². The first-order chi connectivity index (χ1) is 16.9. The van der Waals surface area contributed by atoms with Crippen LogP contribution in [0.25, 0.3) is 10.9 Å². The molecule has 4 rings (SSSR count). The second kappa shape index (κ2) is 11.0. The van der Waals surface area contributed by atoms with E-state index < -0.39 is 10.0 Å². The van der Waals surface area contributed by atoms with Gasteiger partial charge < -0.3 is 0 Å². The number of hydrazine groups is 1. The molecule has 1 saturated heterocycles. The quantitative estimate of drug-likeness (QED) is 0.463. The lowest BCUT2D eigenvalue weighted by Gasteiger charge is -2.20. The van der Waals surface area contributed by atoms with Crippen LogP contribution in [-0.2, 0) is 27.8 Å². The van der Waals surface area contributed by atoms with Gasteiger partial charge >= 0.3 is 0 Å². The minimum atomic E-state index is -3.49. The summed E-state index contributed by atoms with van der Waals surface area (Å²) in [5, 5.41) is 0.521. The van der Waals surface area contributed by atoms with Gasteiger partial charge in [0.2, 0.25) is 21.9 Å². The summed E-state index contributed by atoms with van der Waals surface area (Å²) in [4.78, 5) is 29.8. The molecule has 2 heterocycles. The molecule has 0 spiro atoms. The van der Waals surface area contributed by atoms with Crippen LogP contribution in [0.2, 0.25) is 0 Å². The molecule has 2 N–H and O–H groups in total. The van der Waals surface area contributed by atoms with E-state index in [4.69, 9.17) is 0 Å². The number of para-hydroxylation sites is 1. The molecule has 1 fully saturated rings. The number of benzene rings is 2. The van der Waals surface area contributed by atoms with Crippen LogP contribution in [0.1, 0.15) is 44.6 Å². The van der Waals surface area contributed by atoms with Gasteiger partial charge in [-0.1, -0.05) is 37.1 Å². The molecule has 0 atom stereocenters. The highest BCUT2D eigenvalue weighted by atomic mass is 32.2. The fraction of sp³-hybridized carbons (Fsp3) is 0.400. The van der Waals surface area contributed by atoms with Crippen molar-refractivity contribution in [1.29, 1.82) is 0 Å². The first-order valence-corrected chi connectivity index (χ1v) is 13.5. The van der Waals surface area contributed by atoms with E-state index in [1.165, 1.54) is 4.57 Å². The van der Waals surface area contributed by atoms with Gasteiger partial charge in [0.1, 0.15) is 0 Å². The van der Waals surface area contributed by atoms with Crippen molar-refractivity contribution < 1.29 is 13.2 Å². The SMILES string of the molecule is CCn1c(NNC(=O)CCc2ccc(S(=O)(=O)N3CCCCCC3)cc2)nc2ccccc2c1=O. The fourth-order valence-corrected chi connectivity index (χ4v) is 5.78. The van der Waals surface area contributed by atoms with E-state index in [-0.39, 0.29) is 28.7 Å². The summed E-state index contributed by atoms with van der Waals surface area (Å²) in [6.07, 6.45) is 4.55. The number of hydrogen-bond acceptors (Lipinski definition) is 6. The molecule has 0 saturated carbocycles. The Morgan fingerprint density at radius 3 is 2.37 bits per heavy atom. The number of fused-ring (bicyclic) bond motifs is 1. The summed E-state index contributed by atoms with van der Waals surface area (Å²) in [7, 11) is -3.49. The number of rotatable bonds is 8. The number of nitrogens with zero attached hydrogens (tertiary/aromatic N) is 3. The maximum Gasteiger partial charge on any atom is 0.262 e. The summed E-state index contributed by atoms with van der Waals surface area (Å²) in [5.41, 5.74) is 6.62. The fourth-order valence-electron chi connectivity index (χ4n) is 4.26. The molecule has 2 aromatic carbocycles. The number of nitrogens with one attached hydrogen (secondary N) is 2. The maximum absolute atomic E-state index is 12.9. The number of aryl methyl sites for hydroxylation is 1. The summed E-state index contributed by atoms with van der Waals surface area (Å²) >= 11 is 0. The van der Waals surface area contributed by atoms with Gasteiger partial charge in [-0.2, -0.15) is 4.31 Å². The van der Waals surface area contributed by atoms with E-state index in [2.05, 4.69) is 15.8 Å². The zero-order valence-corrected chi connectivity index (χ0v) is 20.7. The molecule has 9 nitrogen and oxygen atoms in total. The van der Waals surface area contributed by atoms with E-state index in [0.717, 1.165) is 31.2 Å². The predicted molar refractivity (Wildman–Crippen MR) is 135 cm³/mol. The summed E-state index contributed by atoms with van der Waals surface area (Å²) in [6.45, 7) is 3.37. The topological polar surface area (TPSA) is 113 Å². The van der Waals surface area contributed by atoms with Crippen molar-refractivity contribution in [3.05, 3.63) is 64.4 Å². The number of amides is 1. The molecule has 0 unspecified atom stereocenters. The van der Waals surface area contributed by atoms with E-state index in [1.807, 2.05) is 6.92 Å². The number of sulfonamides is 1. The van der Waals surface area contributed by atoms with E-state index in [1.54, 1.807) is 52.8 Å². The predicted octanol–water partition coefficient (Wildman–Crippen LogP) is 3.06. The average molecular weight is 498 g/mol. The van der Waals surface area contributed by atoms with Crippen molar-refractivity contribution in [2.24, 2.45) is 0 Å². The zero-order chi connectivity index (χ0) is 24.8. The van der Waals surface area contributed by atoms with Crippen molar-refractivity contribution in [3.8, 4) is 0 Å². The molecule has 1 amide bonds. The Hall–Kier alpha value is -3.24. The van der Waals surface area contributed by atoms with Crippen molar-refractivity contribution in [2.75, 3.05) is 18.5 Å². The van der Waals surface area contributed by atoms with Crippen LogP contribution in [-0.4, -0.2) is 41.3 Å². The molecule has 0 bridgehead atoms. The number of anilines is 1. The number of aromatic nitrogens is 2. The third-order valence-corrected chi connectivity index (χ3v) is 8.17. The van der Waals surface area contributed by atoms with Gasteiger partial charge in [0.05, 0.1) is 15.8 Å². The highest BCUT2D eigenvalue weighted by Crippen LogP contribution is 2.21. The normalized spacial score (nSPS) is 15.0. The summed E-state index contributed by atoms with van der Waals surface area (Å²) < 4.78 is 28.9. The van der Waals surface area contributed by atoms with Gasteiger partial charge in [-0.05, 0) is 56.0 Å². The number of carbonyl (C=O) groups is 1. The molecule has 186 valence electrons. The van der Waals surface area contributed by atoms with Crippen LogP contribution in [0.4, 0.5) is 5.95 Å². The molecule has 1 aromatic heterocycles. The first kappa shape index (κ1) is 24.9. The lowest BCUT2D eigenvalue weighted by atomic mass is 10.1. The standard InChI is InChI=1S/C25H31N5O4S/c1-2-30-24(32)21-9-5-6-10-22(21)26-25(30)28-27-23(31)16-13-19-11-14-20(15-12-19)35(33,34)29-17-7-3-4-8-18-29/h5-6,9-12,14-15H,2-4,7-8,13,16-18H2,1H3,(H,26,28)(H,27,31). The average Bonchev–Trinajstić information content (AvgIpc) is 3.17. The molecule has 10 heteroatoms. The van der Waals surface area contributed by atoms with Crippen LogP contribution < -0.4 is 16.4 Å². The highest BCUT2D eigenvalue weighted by Gasteiger charge is 2.24. The first-order valence-electron chi connectivity index (χ1n) is 12.0. The molecular formula is C25H31N5O4S. The Balaban J connectivity index is 1.35. The van der Waals surface area contributed by atoms with Gasteiger partial charge in [0, 0.05) is 26.1 Å². The van der Waals surface area contributed by atoms with Gasteiger partial charge in [0.15, 0.2) is 0 Å². The Morgan fingerprint density at radius 1 is 1.00 bits per heavy atom. The molecule has 0 aliphatic carbocycles. The monoisotopic (exact) mass is 497 g/mol. The largest absolute Gasteiger partial charge is 0.277 e. The number of hydrogen-bond donors (Lipinski definition) is 2. The lowest BCUT2D eigenvalue weighted by Crippen LogP contribution is -2.34. The van der Waals surface area contributed by atoms with Crippen LogP contribution >= 0.6 is 0 Å². The van der Waals surface area contributed by atoms with E-state index >= 15 is 0 Å². The minimum absolute atomic E-state index is 0.176. The Labute approximate surface area is 205 Å². The van der Waals surface area contributed by atoms with Gasteiger partial charge in [0.25, 0.3) is 5.56 Å². The van der Waals surface area contributed by atoms with Gasteiger partial charge in [-0.3, -0.25) is 25.0 Å². The van der Waals surface area contributed by atoms with Crippen LogP contribution in [0, 0.1) is 0 Å². The summed E-state index contributed by atoms with van der Waals surface area (Å²) in [6, 6.07) is 13.8. The van der Waals surface area contributed by atoms with Gasteiger partial charge in [-0.25, -0.2) is 13.4 Å². The second-order valence-electron chi connectivity index (χ2n) is 8.64. The third kappa shape index (κ3) is 5.71. The van der Waals surface area contributed by atoms with E-state index in [0.29, 0.717) is 37.0 Å². The molecule has 1 aliphatic rings. The Morgan fingerprint density at radius 2 is 1.69 bits per heavy atom. The van der Waals surface area contributed by atoms with Crippen LogP contribution in [0.5, 0.6) is 0 Å². The maximum atomic E-state index is 12.9. The van der Waals surface area contributed by atoms with Crippen molar-refractivity contribution in [3.63, 3.8) is 0 Å². The molecule has 1 aliphatic heterocycles. The minimum Gasteiger partial charge on any atom is -0.277 e. The zero-order valence-electron chi connectivity index (χ0n) is 19.9. The van der Waals surface area contributed by atoms with Crippen LogP contribution in [0.3, 0.4) is 0 Å². The Kier molecular flexibility index (Phi) is 7.82. The Bertz CT molecular complexity index is 1340. The van der Waals surface area contributed by atoms with Gasteiger partial charge in [-0.15, -0.1) is 0 Å². The third-order valence-electron chi connectivity index (χ3n) is 6.26. The molecule has 3 aromatic rings. The van der Waals surface area contributed by atoms with Crippen LogP contribution in [0.15, 0.2) is 58.2 Å². The van der Waals surface area contributed by atoms with E-state index in [9.17, 15) is 18.0 Å². The van der Waals surface area contributed by atoms with Crippen molar-refractivity contribution >= 4 is 32.8 Å². The number of carbonyl (C=O) groups excluding carboxylic acids is 1. The molecular weight excluding hydrogens is 466 g/mol. The second-order valence-corrected chi connectivity index (χ2v) is 10.6. The molecule has 35 heavy (non-hydrogen) atoms. The lowest BCUT2D eigenvalue weighted by molar-refractivity contribution is -0.120. The molecule has 0 radical (unpaired) electrons. The van der Waals surface area contributed by atoms with Crippen molar-refractivity contribution in [2.45, 2.75) is 56.9 Å². The highest BCUT2D eigenvalue weighted by molar-refractivity contribution is 7.89. The summed E-state index contributed by atoms with van der Waals surface area (Å²) in [5.74, 6) is 0.00366.